The van der Waals surface area contributed by atoms with Gasteiger partial charge in [0.05, 0.1) is 6.10 Å². The fourth-order valence-corrected chi connectivity index (χ4v) is 6.96. The topological polar surface area (TPSA) is 37.3 Å². The number of fused-ring (bicyclic) bond motifs is 4. The summed E-state index contributed by atoms with van der Waals surface area (Å²) in [6.07, 6.45) is 9.75. The van der Waals surface area contributed by atoms with Gasteiger partial charge in [0.2, 0.25) is 0 Å². The second-order valence-electron chi connectivity index (χ2n) is 9.78. The molecule has 0 amide bonds. The predicted octanol–water partition coefficient (Wildman–Crippen LogP) is 5.51. The number of hydrogen-bond donors (Lipinski definition) is 1. The first-order valence-electron chi connectivity index (χ1n) is 11.2. The third-order valence-corrected chi connectivity index (χ3v) is 8.44. The van der Waals surface area contributed by atoms with E-state index in [1.165, 1.54) is 22.3 Å². The summed E-state index contributed by atoms with van der Waals surface area (Å²) in [5, 5.41) is 10.9. The first-order chi connectivity index (χ1) is 13.5. The van der Waals surface area contributed by atoms with Crippen LogP contribution in [-0.2, 0) is 11.2 Å². The number of benzene rings is 1. The van der Waals surface area contributed by atoms with Crippen molar-refractivity contribution in [3.8, 4) is 0 Å². The summed E-state index contributed by atoms with van der Waals surface area (Å²) in [4.78, 5) is 12.1. The van der Waals surface area contributed by atoms with Crippen LogP contribution < -0.4 is 0 Å². The van der Waals surface area contributed by atoms with Crippen molar-refractivity contribution in [1.82, 2.24) is 0 Å². The summed E-state index contributed by atoms with van der Waals surface area (Å²) in [5.74, 6) is 1.86. The number of hydrogen-bond acceptors (Lipinski definition) is 2. The summed E-state index contributed by atoms with van der Waals surface area (Å²) in [7, 11) is 0. The first kappa shape index (κ1) is 18.4. The van der Waals surface area contributed by atoms with E-state index < -0.39 is 0 Å². The molecule has 4 aliphatic rings. The van der Waals surface area contributed by atoms with Crippen LogP contribution in [0.25, 0.3) is 0 Å². The van der Waals surface area contributed by atoms with Gasteiger partial charge in [-0.05, 0) is 90.5 Å². The summed E-state index contributed by atoms with van der Waals surface area (Å²) in [6.45, 7) is 4.57. The number of ketones is 1. The maximum atomic E-state index is 12.1. The number of carbonyl (C=O) groups is 1. The second kappa shape index (κ2) is 6.69. The van der Waals surface area contributed by atoms with Crippen molar-refractivity contribution in [3.63, 3.8) is 0 Å². The molecule has 2 heteroatoms. The minimum atomic E-state index is -0.175. The van der Waals surface area contributed by atoms with Crippen LogP contribution in [-0.4, -0.2) is 17.0 Å². The van der Waals surface area contributed by atoms with Crippen LogP contribution in [0.3, 0.4) is 0 Å². The lowest BCUT2D eigenvalue weighted by atomic mass is 9.53. The van der Waals surface area contributed by atoms with E-state index in [2.05, 4.69) is 38.1 Å². The lowest BCUT2D eigenvalue weighted by molar-refractivity contribution is -0.114. The second-order valence-corrected chi connectivity index (χ2v) is 9.78. The molecule has 0 heterocycles. The van der Waals surface area contributed by atoms with Crippen molar-refractivity contribution >= 4 is 5.78 Å². The van der Waals surface area contributed by atoms with Gasteiger partial charge in [-0.2, -0.15) is 0 Å². The maximum absolute atomic E-state index is 12.1. The Morgan fingerprint density at radius 1 is 1.14 bits per heavy atom. The Morgan fingerprint density at radius 2 is 2.00 bits per heavy atom. The molecule has 5 unspecified atom stereocenters. The monoisotopic (exact) mass is 376 g/mol. The molecule has 148 valence electrons. The lowest BCUT2D eigenvalue weighted by Crippen LogP contribution is -2.45. The number of carbonyl (C=O) groups excluding carboxylic acids is 1. The molecule has 0 spiro atoms. The van der Waals surface area contributed by atoms with E-state index >= 15 is 0 Å². The van der Waals surface area contributed by atoms with Gasteiger partial charge in [0.15, 0.2) is 5.78 Å². The molecule has 0 bridgehead atoms. The van der Waals surface area contributed by atoms with Crippen molar-refractivity contribution in [2.45, 2.75) is 77.2 Å². The SMILES string of the molecule is CCc1cccc(C2CC3(C)C(O)CCC3C3CCC4=CC(=O)CCC4=C23)c1. The molecule has 1 aromatic rings. The summed E-state index contributed by atoms with van der Waals surface area (Å²) >= 11 is 0. The number of aliphatic hydroxyl groups excluding tert-OH is 1. The van der Waals surface area contributed by atoms with E-state index in [1.807, 2.05) is 6.08 Å². The van der Waals surface area contributed by atoms with E-state index in [0.29, 0.717) is 30.0 Å². The highest BCUT2D eigenvalue weighted by molar-refractivity contribution is 5.93. The molecular weight excluding hydrogens is 344 g/mol. The molecule has 1 N–H and O–H groups in total. The van der Waals surface area contributed by atoms with Gasteiger partial charge in [-0.3, -0.25) is 4.79 Å². The van der Waals surface area contributed by atoms with Crippen molar-refractivity contribution in [2.75, 3.05) is 0 Å². The highest BCUT2D eigenvalue weighted by Gasteiger charge is 2.56. The standard InChI is InChI=1S/C26H32O2/c1-3-16-5-4-6-17(13-16)22-15-26(2)23(11-12-24(26)28)21-9-7-18-14-19(27)8-10-20(18)25(21)22/h4-6,13-14,21-24,28H,3,7-12,15H2,1-2H3. The van der Waals surface area contributed by atoms with Gasteiger partial charge in [-0.15, -0.1) is 0 Å². The Balaban J connectivity index is 1.68. The van der Waals surface area contributed by atoms with E-state index in [1.54, 1.807) is 5.57 Å². The van der Waals surface area contributed by atoms with Gasteiger partial charge in [0.1, 0.15) is 0 Å². The molecule has 2 fully saturated rings. The first-order valence-corrected chi connectivity index (χ1v) is 11.2. The number of allylic oxidation sites excluding steroid dienone is 4. The molecule has 28 heavy (non-hydrogen) atoms. The van der Waals surface area contributed by atoms with Crippen molar-refractivity contribution in [1.29, 1.82) is 0 Å². The molecule has 5 atom stereocenters. The van der Waals surface area contributed by atoms with E-state index in [9.17, 15) is 9.90 Å². The third kappa shape index (κ3) is 2.68. The van der Waals surface area contributed by atoms with Crippen LogP contribution in [0.1, 0.15) is 75.8 Å². The Bertz CT molecular complexity index is 876. The van der Waals surface area contributed by atoms with Crippen molar-refractivity contribution in [2.24, 2.45) is 17.3 Å². The molecule has 0 aliphatic heterocycles. The minimum absolute atomic E-state index is 0.0211. The van der Waals surface area contributed by atoms with Gasteiger partial charge in [0, 0.05) is 12.3 Å². The average molecular weight is 377 g/mol. The largest absolute Gasteiger partial charge is 0.393 e. The summed E-state index contributed by atoms with van der Waals surface area (Å²) in [6, 6.07) is 9.12. The molecule has 2 nitrogen and oxygen atoms in total. The molecule has 0 saturated heterocycles. The Labute approximate surface area is 168 Å². The molecule has 2 saturated carbocycles. The van der Waals surface area contributed by atoms with E-state index in [0.717, 1.165) is 44.9 Å². The van der Waals surface area contributed by atoms with Gasteiger partial charge in [-0.25, -0.2) is 0 Å². The Kier molecular flexibility index (Phi) is 4.39. The van der Waals surface area contributed by atoms with Gasteiger partial charge in [-0.1, -0.05) is 43.7 Å². The predicted molar refractivity (Wildman–Crippen MR) is 112 cm³/mol. The third-order valence-electron chi connectivity index (χ3n) is 8.44. The fourth-order valence-electron chi connectivity index (χ4n) is 6.96. The van der Waals surface area contributed by atoms with E-state index in [4.69, 9.17) is 0 Å². The molecular formula is C26H32O2. The van der Waals surface area contributed by atoms with Crippen LogP contribution in [0.2, 0.25) is 0 Å². The van der Waals surface area contributed by atoms with Gasteiger partial charge >= 0.3 is 0 Å². The summed E-state index contributed by atoms with van der Waals surface area (Å²) < 4.78 is 0. The maximum Gasteiger partial charge on any atom is 0.156 e. The smallest absolute Gasteiger partial charge is 0.156 e. The van der Waals surface area contributed by atoms with Crippen LogP contribution in [0.15, 0.2) is 47.1 Å². The van der Waals surface area contributed by atoms with Crippen LogP contribution >= 0.6 is 0 Å². The minimum Gasteiger partial charge on any atom is -0.393 e. The van der Waals surface area contributed by atoms with Gasteiger partial charge in [0.25, 0.3) is 0 Å². The average Bonchev–Trinajstić information content (AvgIpc) is 3.01. The highest BCUT2D eigenvalue weighted by atomic mass is 16.3. The molecule has 4 aliphatic carbocycles. The van der Waals surface area contributed by atoms with Gasteiger partial charge < -0.3 is 5.11 Å². The zero-order chi connectivity index (χ0) is 19.5. The number of aliphatic hydroxyl groups is 1. The quantitative estimate of drug-likeness (QED) is 0.739. The zero-order valence-electron chi connectivity index (χ0n) is 17.2. The molecule has 0 radical (unpaired) electrons. The molecule has 1 aromatic carbocycles. The molecule has 0 aromatic heterocycles. The summed E-state index contributed by atoms with van der Waals surface area (Å²) in [5.41, 5.74) is 7.29. The van der Waals surface area contributed by atoms with E-state index in [-0.39, 0.29) is 11.5 Å². The molecule has 5 rings (SSSR count). The highest BCUT2D eigenvalue weighted by Crippen LogP contribution is 2.63. The van der Waals surface area contributed by atoms with Crippen molar-refractivity contribution < 1.29 is 9.90 Å². The number of aryl methyl sites for hydroxylation is 1. The lowest BCUT2D eigenvalue weighted by Gasteiger charge is -2.52. The Morgan fingerprint density at radius 3 is 2.82 bits per heavy atom. The van der Waals surface area contributed by atoms with Crippen LogP contribution in [0, 0.1) is 17.3 Å². The van der Waals surface area contributed by atoms with Crippen LogP contribution in [0.5, 0.6) is 0 Å². The fraction of sp³-hybridized carbons (Fsp3) is 0.577. The Hall–Kier alpha value is -1.67. The number of rotatable bonds is 2. The van der Waals surface area contributed by atoms with Crippen LogP contribution in [0.4, 0.5) is 0 Å². The normalized spacial score (nSPS) is 37.2. The van der Waals surface area contributed by atoms with Crippen molar-refractivity contribution in [3.05, 3.63) is 58.2 Å². The zero-order valence-corrected chi connectivity index (χ0v) is 17.2.